The molecule has 1 heterocycles. The van der Waals surface area contributed by atoms with Crippen LogP contribution in [0.25, 0.3) is 11.0 Å². The highest BCUT2D eigenvalue weighted by atomic mass is 16.5. The Morgan fingerprint density at radius 1 is 1.23 bits per heavy atom. The van der Waals surface area contributed by atoms with E-state index >= 15 is 0 Å². The van der Waals surface area contributed by atoms with Crippen LogP contribution < -0.4 is 5.32 Å². The molecular formula is C16H19N3O3. The predicted molar refractivity (Wildman–Crippen MR) is 82.2 cm³/mol. The lowest BCUT2D eigenvalue weighted by atomic mass is 9.81. The summed E-state index contributed by atoms with van der Waals surface area (Å²) in [6.07, 6.45) is 4.45. The molecule has 0 unspecified atom stereocenters. The van der Waals surface area contributed by atoms with Crippen molar-refractivity contribution in [3.05, 3.63) is 24.5 Å². The molecular weight excluding hydrogens is 282 g/mol. The quantitative estimate of drug-likeness (QED) is 0.853. The summed E-state index contributed by atoms with van der Waals surface area (Å²) >= 11 is 0. The zero-order valence-corrected chi connectivity index (χ0v) is 12.5. The van der Waals surface area contributed by atoms with Gasteiger partial charge in [-0.25, -0.2) is 4.98 Å². The van der Waals surface area contributed by atoms with Crippen LogP contribution in [0.1, 0.15) is 25.7 Å². The summed E-state index contributed by atoms with van der Waals surface area (Å²) in [4.78, 5) is 31.2. The summed E-state index contributed by atoms with van der Waals surface area (Å²) in [5.41, 5.74) is 2.38. The number of ether oxygens (including phenoxy) is 1. The Balaban J connectivity index is 1.64. The SMILES string of the molecule is COC(=O)C1CCC(C(=O)Nc2cccc3[nH]cnc23)CC1. The molecule has 116 valence electrons. The average molecular weight is 301 g/mol. The number of rotatable bonds is 3. The van der Waals surface area contributed by atoms with Gasteiger partial charge in [0.05, 0.1) is 30.6 Å². The first-order valence-electron chi connectivity index (χ1n) is 7.50. The number of benzene rings is 1. The van der Waals surface area contributed by atoms with Gasteiger partial charge in [0.1, 0.15) is 5.52 Å². The third-order valence-electron chi connectivity index (χ3n) is 4.34. The number of esters is 1. The number of aromatic nitrogens is 2. The van der Waals surface area contributed by atoms with Crippen molar-refractivity contribution in [2.24, 2.45) is 11.8 Å². The summed E-state index contributed by atoms with van der Waals surface area (Å²) in [5.74, 6) is -0.294. The maximum Gasteiger partial charge on any atom is 0.308 e. The average Bonchev–Trinajstić information content (AvgIpc) is 3.04. The number of imidazole rings is 1. The van der Waals surface area contributed by atoms with Gasteiger partial charge in [-0.2, -0.15) is 0 Å². The number of amides is 1. The van der Waals surface area contributed by atoms with Gasteiger partial charge >= 0.3 is 5.97 Å². The minimum absolute atomic E-state index is 0.00110. The van der Waals surface area contributed by atoms with E-state index in [2.05, 4.69) is 15.3 Å². The van der Waals surface area contributed by atoms with E-state index in [0.717, 1.165) is 16.7 Å². The molecule has 1 aromatic carbocycles. The third-order valence-corrected chi connectivity index (χ3v) is 4.34. The van der Waals surface area contributed by atoms with Crippen LogP contribution in [0.2, 0.25) is 0 Å². The first-order valence-corrected chi connectivity index (χ1v) is 7.50. The number of nitrogens with zero attached hydrogens (tertiary/aromatic N) is 1. The molecule has 1 amide bonds. The van der Waals surface area contributed by atoms with E-state index in [1.807, 2.05) is 18.2 Å². The van der Waals surface area contributed by atoms with Crippen LogP contribution in [0.15, 0.2) is 24.5 Å². The first-order chi connectivity index (χ1) is 10.7. The van der Waals surface area contributed by atoms with Gasteiger partial charge in [-0.05, 0) is 37.8 Å². The highest BCUT2D eigenvalue weighted by Crippen LogP contribution is 2.31. The van der Waals surface area contributed by atoms with Gasteiger partial charge in [0, 0.05) is 5.92 Å². The highest BCUT2D eigenvalue weighted by molar-refractivity contribution is 6.00. The van der Waals surface area contributed by atoms with Gasteiger partial charge in [0.15, 0.2) is 0 Å². The molecule has 1 fully saturated rings. The standard InChI is InChI=1S/C16H19N3O3/c1-22-16(21)11-7-5-10(6-8-11)15(20)19-13-4-2-3-12-14(13)18-9-17-12/h2-4,9-11H,5-8H2,1H3,(H,17,18)(H,19,20). The molecule has 6 heteroatoms. The second-order valence-electron chi connectivity index (χ2n) is 5.67. The van der Waals surface area contributed by atoms with Crippen LogP contribution in [0.5, 0.6) is 0 Å². The van der Waals surface area contributed by atoms with E-state index in [0.29, 0.717) is 25.7 Å². The molecule has 0 spiro atoms. The van der Waals surface area contributed by atoms with E-state index in [9.17, 15) is 9.59 Å². The summed E-state index contributed by atoms with van der Waals surface area (Å²) in [6.45, 7) is 0. The second kappa shape index (κ2) is 6.17. The Morgan fingerprint density at radius 3 is 2.68 bits per heavy atom. The molecule has 0 saturated heterocycles. The molecule has 0 atom stereocenters. The van der Waals surface area contributed by atoms with Crippen LogP contribution in [0.4, 0.5) is 5.69 Å². The van der Waals surface area contributed by atoms with Crippen molar-refractivity contribution in [3.63, 3.8) is 0 Å². The number of carbonyl (C=O) groups is 2. The molecule has 6 nitrogen and oxygen atoms in total. The number of carbonyl (C=O) groups excluding carboxylic acids is 2. The number of hydrogen-bond donors (Lipinski definition) is 2. The van der Waals surface area contributed by atoms with Gasteiger partial charge < -0.3 is 15.0 Å². The minimum Gasteiger partial charge on any atom is -0.469 e. The first kappa shape index (κ1) is 14.6. The second-order valence-corrected chi connectivity index (χ2v) is 5.67. The van der Waals surface area contributed by atoms with Gasteiger partial charge in [-0.1, -0.05) is 6.07 Å². The molecule has 1 aromatic heterocycles. The molecule has 2 aromatic rings. The Kier molecular flexibility index (Phi) is 4.09. The fourth-order valence-electron chi connectivity index (χ4n) is 3.06. The molecule has 0 bridgehead atoms. The molecule has 22 heavy (non-hydrogen) atoms. The number of hydrogen-bond acceptors (Lipinski definition) is 4. The highest BCUT2D eigenvalue weighted by Gasteiger charge is 2.30. The lowest BCUT2D eigenvalue weighted by molar-refractivity contribution is -0.147. The van der Waals surface area contributed by atoms with Gasteiger partial charge in [0.2, 0.25) is 5.91 Å². The fourth-order valence-corrected chi connectivity index (χ4v) is 3.06. The number of nitrogens with one attached hydrogen (secondary N) is 2. The van der Waals surface area contributed by atoms with Crippen LogP contribution in [0.3, 0.4) is 0 Å². The fraction of sp³-hybridized carbons (Fsp3) is 0.438. The largest absolute Gasteiger partial charge is 0.469 e. The molecule has 1 aliphatic rings. The number of fused-ring (bicyclic) bond motifs is 1. The van der Waals surface area contributed by atoms with Crippen molar-refractivity contribution in [1.82, 2.24) is 9.97 Å². The van der Waals surface area contributed by atoms with Crippen LogP contribution >= 0.6 is 0 Å². The molecule has 1 aliphatic carbocycles. The summed E-state index contributed by atoms with van der Waals surface area (Å²) in [7, 11) is 1.41. The van der Waals surface area contributed by atoms with Crippen molar-refractivity contribution >= 4 is 28.6 Å². The van der Waals surface area contributed by atoms with E-state index in [-0.39, 0.29) is 23.7 Å². The maximum absolute atomic E-state index is 12.4. The van der Waals surface area contributed by atoms with Crippen LogP contribution in [0, 0.1) is 11.8 Å². The van der Waals surface area contributed by atoms with Crippen molar-refractivity contribution in [1.29, 1.82) is 0 Å². The van der Waals surface area contributed by atoms with E-state index in [1.54, 1.807) is 6.33 Å². The minimum atomic E-state index is -0.167. The van der Waals surface area contributed by atoms with Gasteiger partial charge in [-0.15, -0.1) is 0 Å². The molecule has 1 saturated carbocycles. The molecule has 0 aliphatic heterocycles. The van der Waals surface area contributed by atoms with Crippen molar-refractivity contribution in [2.45, 2.75) is 25.7 Å². The lowest BCUT2D eigenvalue weighted by Gasteiger charge is -2.26. The van der Waals surface area contributed by atoms with Crippen molar-refractivity contribution in [2.75, 3.05) is 12.4 Å². The van der Waals surface area contributed by atoms with E-state index < -0.39 is 0 Å². The lowest BCUT2D eigenvalue weighted by Crippen LogP contribution is -2.30. The molecule has 3 rings (SSSR count). The van der Waals surface area contributed by atoms with E-state index in [1.165, 1.54) is 7.11 Å². The number of aromatic amines is 1. The van der Waals surface area contributed by atoms with Gasteiger partial charge in [0.25, 0.3) is 0 Å². The summed E-state index contributed by atoms with van der Waals surface area (Å²) < 4.78 is 4.77. The van der Waals surface area contributed by atoms with Crippen molar-refractivity contribution < 1.29 is 14.3 Å². The zero-order chi connectivity index (χ0) is 15.5. The Hall–Kier alpha value is -2.37. The normalized spacial score (nSPS) is 21.5. The predicted octanol–water partition coefficient (Wildman–Crippen LogP) is 2.48. The summed E-state index contributed by atoms with van der Waals surface area (Å²) in [6, 6.07) is 5.64. The van der Waals surface area contributed by atoms with Crippen molar-refractivity contribution in [3.8, 4) is 0 Å². The Labute approximate surface area is 128 Å². The Bertz CT molecular complexity index is 687. The third kappa shape index (κ3) is 2.81. The van der Waals surface area contributed by atoms with Crippen LogP contribution in [-0.4, -0.2) is 29.0 Å². The van der Waals surface area contributed by atoms with Gasteiger partial charge in [-0.3, -0.25) is 9.59 Å². The Morgan fingerprint density at radius 2 is 1.95 bits per heavy atom. The molecule has 0 radical (unpaired) electrons. The monoisotopic (exact) mass is 301 g/mol. The number of para-hydroxylation sites is 1. The smallest absolute Gasteiger partial charge is 0.308 e. The number of anilines is 1. The summed E-state index contributed by atoms with van der Waals surface area (Å²) in [5, 5.41) is 2.96. The number of H-pyrrole nitrogens is 1. The molecule has 2 N–H and O–H groups in total. The number of methoxy groups -OCH3 is 1. The topological polar surface area (TPSA) is 84.1 Å². The van der Waals surface area contributed by atoms with E-state index in [4.69, 9.17) is 4.74 Å². The maximum atomic E-state index is 12.4. The van der Waals surface area contributed by atoms with Crippen LogP contribution in [-0.2, 0) is 14.3 Å². The zero-order valence-electron chi connectivity index (χ0n) is 12.5.